The summed E-state index contributed by atoms with van der Waals surface area (Å²) < 4.78 is 2.23. The second-order valence-electron chi connectivity index (χ2n) is 3.96. The third kappa shape index (κ3) is 2.15. The lowest BCUT2D eigenvalue weighted by Crippen LogP contribution is -2.22. The Morgan fingerprint density at radius 3 is 3.29 bits per heavy atom. The number of hydrogen-bond donors (Lipinski definition) is 1. The highest BCUT2D eigenvalue weighted by Gasteiger charge is 2.14. The van der Waals surface area contributed by atoms with Gasteiger partial charge in [-0.05, 0) is 32.7 Å². The standard InChI is InChI=1S/C11H19N3/c1-2-14-9-8-13-11(14)6-5-10-4-3-7-12-10/h8-10,12H,2-7H2,1H3. The minimum absolute atomic E-state index is 0.733. The van der Waals surface area contributed by atoms with Gasteiger partial charge < -0.3 is 9.88 Å². The number of nitrogens with one attached hydrogen (secondary N) is 1. The number of aryl methyl sites for hydroxylation is 2. The van der Waals surface area contributed by atoms with E-state index in [0.29, 0.717) is 0 Å². The van der Waals surface area contributed by atoms with Crippen molar-refractivity contribution in [3.05, 3.63) is 18.2 Å². The first-order valence-corrected chi connectivity index (χ1v) is 5.63. The van der Waals surface area contributed by atoms with Gasteiger partial charge in [0.25, 0.3) is 0 Å². The molecule has 0 amide bonds. The molecule has 78 valence electrons. The summed E-state index contributed by atoms with van der Waals surface area (Å²) in [5.74, 6) is 1.24. The maximum Gasteiger partial charge on any atom is 0.108 e. The third-order valence-electron chi connectivity index (χ3n) is 3.02. The van der Waals surface area contributed by atoms with Gasteiger partial charge in [0.15, 0.2) is 0 Å². The summed E-state index contributed by atoms with van der Waals surface area (Å²) in [5, 5.41) is 3.52. The molecule has 2 heterocycles. The largest absolute Gasteiger partial charge is 0.335 e. The van der Waals surface area contributed by atoms with Crippen molar-refractivity contribution in [3.63, 3.8) is 0 Å². The number of aromatic nitrogens is 2. The van der Waals surface area contributed by atoms with E-state index < -0.39 is 0 Å². The molecule has 1 aromatic rings. The fraction of sp³-hybridized carbons (Fsp3) is 0.727. The lowest BCUT2D eigenvalue weighted by atomic mass is 10.1. The molecule has 1 aliphatic rings. The summed E-state index contributed by atoms with van der Waals surface area (Å²) >= 11 is 0. The minimum atomic E-state index is 0.733. The van der Waals surface area contributed by atoms with Crippen molar-refractivity contribution >= 4 is 0 Å². The third-order valence-corrected chi connectivity index (χ3v) is 3.02. The van der Waals surface area contributed by atoms with E-state index >= 15 is 0 Å². The van der Waals surface area contributed by atoms with Crippen molar-refractivity contribution in [2.75, 3.05) is 6.54 Å². The monoisotopic (exact) mass is 193 g/mol. The molecule has 0 bridgehead atoms. The van der Waals surface area contributed by atoms with E-state index in [1.54, 1.807) is 0 Å². The van der Waals surface area contributed by atoms with Gasteiger partial charge in [0.05, 0.1) is 0 Å². The van der Waals surface area contributed by atoms with Gasteiger partial charge in [0, 0.05) is 31.4 Å². The highest BCUT2D eigenvalue weighted by molar-refractivity contribution is 4.93. The van der Waals surface area contributed by atoms with E-state index in [2.05, 4.69) is 28.0 Å². The molecular formula is C11H19N3. The molecule has 0 radical (unpaired) electrons. The van der Waals surface area contributed by atoms with E-state index in [4.69, 9.17) is 0 Å². The summed E-state index contributed by atoms with van der Waals surface area (Å²) in [5.41, 5.74) is 0. The Morgan fingerprint density at radius 2 is 2.57 bits per heavy atom. The smallest absolute Gasteiger partial charge is 0.108 e. The van der Waals surface area contributed by atoms with Crippen molar-refractivity contribution in [1.82, 2.24) is 14.9 Å². The first kappa shape index (κ1) is 9.71. The lowest BCUT2D eigenvalue weighted by Gasteiger charge is -2.10. The topological polar surface area (TPSA) is 29.9 Å². The molecule has 1 atom stereocenters. The minimum Gasteiger partial charge on any atom is -0.335 e. The molecule has 0 aliphatic carbocycles. The van der Waals surface area contributed by atoms with Gasteiger partial charge in [-0.2, -0.15) is 0 Å². The molecule has 1 N–H and O–H groups in total. The Bertz CT molecular complexity index is 274. The van der Waals surface area contributed by atoms with Crippen LogP contribution in [0.15, 0.2) is 12.4 Å². The Hall–Kier alpha value is -0.830. The van der Waals surface area contributed by atoms with Crippen LogP contribution in [-0.4, -0.2) is 22.1 Å². The van der Waals surface area contributed by atoms with Crippen LogP contribution in [-0.2, 0) is 13.0 Å². The van der Waals surface area contributed by atoms with Gasteiger partial charge in [-0.3, -0.25) is 0 Å². The lowest BCUT2D eigenvalue weighted by molar-refractivity contribution is 0.539. The summed E-state index contributed by atoms with van der Waals surface area (Å²) in [6, 6.07) is 0.733. The maximum atomic E-state index is 4.38. The van der Waals surface area contributed by atoms with Crippen molar-refractivity contribution in [2.24, 2.45) is 0 Å². The summed E-state index contributed by atoms with van der Waals surface area (Å²) in [7, 11) is 0. The van der Waals surface area contributed by atoms with Crippen LogP contribution < -0.4 is 5.32 Å². The van der Waals surface area contributed by atoms with E-state index in [1.165, 1.54) is 31.6 Å². The van der Waals surface area contributed by atoms with Crippen molar-refractivity contribution < 1.29 is 0 Å². The van der Waals surface area contributed by atoms with Crippen LogP contribution in [0.2, 0.25) is 0 Å². The average molecular weight is 193 g/mol. The molecule has 0 saturated carbocycles. The molecule has 1 saturated heterocycles. The number of imidazole rings is 1. The molecule has 14 heavy (non-hydrogen) atoms. The highest BCUT2D eigenvalue weighted by atomic mass is 15.1. The molecule has 0 aromatic carbocycles. The van der Waals surface area contributed by atoms with Gasteiger partial charge in [0.2, 0.25) is 0 Å². The van der Waals surface area contributed by atoms with Gasteiger partial charge in [-0.15, -0.1) is 0 Å². The Balaban J connectivity index is 1.84. The van der Waals surface area contributed by atoms with Crippen molar-refractivity contribution in [1.29, 1.82) is 0 Å². The molecular weight excluding hydrogens is 174 g/mol. The Kier molecular flexibility index (Phi) is 3.19. The summed E-state index contributed by atoms with van der Waals surface area (Å²) in [4.78, 5) is 4.38. The van der Waals surface area contributed by atoms with Crippen LogP contribution in [0.4, 0.5) is 0 Å². The van der Waals surface area contributed by atoms with E-state index in [1.807, 2.05) is 6.20 Å². The van der Waals surface area contributed by atoms with Crippen LogP contribution in [0.1, 0.15) is 32.0 Å². The van der Waals surface area contributed by atoms with Gasteiger partial charge >= 0.3 is 0 Å². The zero-order chi connectivity index (χ0) is 9.80. The normalized spacial score (nSPS) is 21.6. The van der Waals surface area contributed by atoms with Crippen LogP contribution in [0.25, 0.3) is 0 Å². The molecule has 1 fully saturated rings. The molecule has 2 rings (SSSR count). The van der Waals surface area contributed by atoms with Crippen molar-refractivity contribution in [3.8, 4) is 0 Å². The first-order valence-electron chi connectivity index (χ1n) is 5.63. The Morgan fingerprint density at radius 1 is 1.64 bits per heavy atom. The van der Waals surface area contributed by atoms with Crippen LogP contribution in [0.3, 0.4) is 0 Å². The molecule has 1 aromatic heterocycles. The fourth-order valence-electron chi connectivity index (χ4n) is 2.16. The van der Waals surface area contributed by atoms with Gasteiger partial charge in [-0.25, -0.2) is 4.98 Å². The fourth-order valence-corrected chi connectivity index (χ4v) is 2.16. The van der Waals surface area contributed by atoms with Gasteiger partial charge in [-0.1, -0.05) is 0 Å². The molecule has 1 unspecified atom stereocenters. The second-order valence-corrected chi connectivity index (χ2v) is 3.96. The molecule has 3 nitrogen and oxygen atoms in total. The average Bonchev–Trinajstić information content (AvgIpc) is 2.85. The number of rotatable bonds is 4. The van der Waals surface area contributed by atoms with Crippen molar-refractivity contribution in [2.45, 2.75) is 45.2 Å². The maximum absolute atomic E-state index is 4.38. The molecule has 0 spiro atoms. The predicted octanol–water partition coefficient (Wildman–Crippen LogP) is 1.59. The number of nitrogens with zero attached hydrogens (tertiary/aromatic N) is 2. The second kappa shape index (κ2) is 4.60. The summed E-state index contributed by atoms with van der Waals surface area (Å²) in [6.45, 7) is 4.40. The number of hydrogen-bond acceptors (Lipinski definition) is 2. The molecule has 3 heteroatoms. The van der Waals surface area contributed by atoms with E-state index in [0.717, 1.165) is 19.0 Å². The van der Waals surface area contributed by atoms with E-state index in [-0.39, 0.29) is 0 Å². The molecule has 1 aliphatic heterocycles. The van der Waals surface area contributed by atoms with Crippen LogP contribution in [0.5, 0.6) is 0 Å². The quantitative estimate of drug-likeness (QED) is 0.787. The van der Waals surface area contributed by atoms with Crippen LogP contribution >= 0.6 is 0 Å². The van der Waals surface area contributed by atoms with E-state index in [9.17, 15) is 0 Å². The van der Waals surface area contributed by atoms with Crippen LogP contribution in [0, 0.1) is 0 Å². The highest BCUT2D eigenvalue weighted by Crippen LogP contribution is 2.11. The zero-order valence-corrected chi connectivity index (χ0v) is 8.87. The SMILES string of the molecule is CCn1ccnc1CCC1CCCN1. The predicted molar refractivity (Wildman–Crippen MR) is 57.2 cm³/mol. The Labute approximate surface area is 85.5 Å². The van der Waals surface area contributed by atoms with Gasteiger partial charge in [0.1, 0.15) is 5.82 Å². The zero-order valence-electron chi connectivity index (χ0n) is 8.87. The first-order chi connectivity index (χ1) is 6.90. The summed E-state index contributed by atoms with van der Waals surface area (Å²) in [6.07, 6.45) is 8.99.